The first-order valence-electron chi connectivity index (χ1n) is 30.2. The number of imidazole rings is 1. The van der Waals surface area contributed by atoms with Crippen molar-refractivity contribution in [2.24, 2.45) is 0 Å². The van der Waals surface area contributed by atoms with Crippen LogP contribution in [0, 0.1) is 6.33 Å². The van der Waals surface area contributed by atoms with Crippen molar-refractivity contribution in [1.29, 1.82) is 0 Å². The second kappa shape index (κ2) is 19.2. The molecular formula is C70H54N4OSi. The molecule has 0 amide bonds. The highest BCUT2D eigenvalue weighted by molar-refractivity contribution is 7.20. The van der Waals surface area contributed by atoms with Crippen LogP contribution in [0.4, 0.5) is 0 Å². The summed E-state index contributed by atoms with van der Waals surface area (Å²) in [5.41, 5.74) is 4.90. The van der Waals surface area contributed by atoms with E-state index in [-0.39, 0.29) is 33.4 Å². The average Bonchev–Trinajstić information content (AvgIpc) is 1.54. The van der Waals surface area contributed by atoms with Gasteiger partial charge in [0.25, 0.3) is 6.33 Å². The smallest absolute Gasteiger partial charge is 0.269 e. The number of benzene rings is 10. The molecule has 0 aliphatic heterocycles. The Bertz CT molecular complexity index is 4610. The van der Waals surface area contributed by atoms with Gasteiger partial charge in [-0.05, 0) is 103 Å². The van der Waals surface area contributed by atoms with Gasteiger partial charge in [0, 0.05) is 23.0 Å². The molecule has 3 aromatic heterocycles. The first-order valence-corrected chi connectivity index (χ1v) is 27.2. The summed E-state index contributed by atoms with van der Waals surface area (Å²) in [6.07, 6.45) is 5.36. The lowest BCUT2D eigenvalue weighted by Gasteiger charge is -2.34. The van der Waals surface area contributed by atoms with Crippen LogP contribution in [0.3, 0.4) is 0 Å². The minimum absolute atomic E-state index is 0.135. The maximum absolute atomic E-state index is 9.11. The lowest BCUT2D eigenvalue weighted by atomic mass is 9.88. The molecule has 0 saturated heterocycles. The molecule has 0 fully saturated rings. The minimum Gasteiger partial charge on any atom is -0.458 e. The van der Waals surface area contributed by atoms with Crippen LogP contribution in [0.5, 0.6) is 11.5 Å². The van der Waals surface area contributed by atoms with E-state index in [1.807, 2.05) is 65.4 Å². The second-order valence-electron chi connectivity index (χ2n) is 19.8. The molecule has 3 heterocycles. The molecule has 13 aromatic rings. The van der Waals surface area contributed by atoms with Crippen LogP contribution < -0.4 is 30.1 Å². The molecule has 0 unspecified atom stereocenters. The fraction of sp³-hybridized carbons (Fsp3) is 0.0571. The molecule has 0 radical (unpaired) electrons. The summed E-state index contributed by atoms with van der Waals surface area (Å²) in [7, 11) is -2.92. The van der Waals surface area contributed by atoms with Crippen LogP contribution in [-0.2, 0) is 5.41 Å². The highest BCUT2D eigenvalue weighted by Crippen LogP contribution is 2.38. The number of nitrogens with zero attached hydrogens (tertiary/aromatic N) is 4. The van der Waals surface area contributed by atoms with Gasteiger partial charge in [-0.25, -0.2) is 4.98 Å². The Morgan fingerprint density at radius 3 is 1.72 bits per heavy atom. The van der Waals surface area contributed by atoms with Crippen LogP contribution in [0.1, 0.15) is 40.0 Å². The van der Waals surface area contributed by atoms with Gasteiger partial charge in [0.2, 0.25) is 0 Å². The van der Waals surface area contributed by atoms with Crippen molar-refractivity contribution in [1.82, 2.24) is 14.1 Å². The molecule has 6 heteroatoms. The maximum atomic E-state index is 9.11. The summed E-state index contributed by atoms with van der Waals surface area (Å²) in [6.45, 7) is 6.60. The zero-order chi connectivity index (χ0) is 59.9. The Morgan fingerprint density at radius 1 is 0.500 bits per heavy atom. The topological polar surface area (TPSA) is 35.9 Å². The highest BCUT2D eigenvalue weighted by Gasteiger charge is 2.41. The van der Waals surface area contributed by atoms with Gasteiger partial charge >= 0.3 is 0 Å². The van der Waals surface area contributed by atoms with E-state index in [9.17, 15) is 0 Å². The number of hydrogen-bond donors (Lipinski definition) is 0. The predicted molar refractivity (Wildman–Crippen MR) is 315 cm³/mol. The van der Waals surface area contributed by atoms with Crippen LogP contribution in [0.25, 0.3) is 72.3 Å². The van der Waals surface area contributed by atoms with Crippen molar-refractivity contribution < 1.29 is 23.0 Å². The number of fused-ring (bicyclic) bond motifs is 4. The Morgan fingerprint density at radius 2 is 1.09 bits per heavy atom. The van der Waals surface area contributed by atoms with Gasteiger partial charge in [0.15, 0.2) is 8.07 Å². The standard InChI is InChI=1S/C70H54N4OSi/c1-70(2,3)52-43-44-71-68(45-52)74-64-42-40-59(76(56-29-13-6-14-30-56,57-31-15-7-16-32-57)58-33-17-8-18-34-58)48-63(64)62-41-39-55(47-67(62)74)75-54-28-21-27-53(46-54)72-49-73(66-38-20-19-37-65(66)72)69-60(50-23-9-4-10-24-50)35-22-36-61(69)51-25-11-5-12-26-51/h4-48H,1-3H3/i4D,5D,9D,10D,11D,12D,23D,24D,25D,26D. The maximum Gasteiger partial charge on any atom is 0.269 e. The Labute approximate surface area is 458 Å². The fourth-order valence-electron chi connectivity index (χ4n) is 10.8. The summed E-state index contributed by atoms with van der Waals surface area (Å²) in [4.78, 5) is 5.04. The van der Waals surface area contributed by atoms with Gasteiger partial charge in [-0.1, -0.05) is 233 Å². The van der Waals surface area contributed by atoms with Gasteiger partial charge in [-0.3, -0.25) is 13.7 Å². The molecule has 13 rings (SSSR count). The Kier molecular flexibility index (Phi) is 9.21. The monoisotopic (exact) mass is 1000 g/mol. The van der Waals surface area contributed by atoms with Crippen molar-refractivity contribution in [3.63, 3.8) is 0 Å². The molecule has 364 valence electrons. The molecular weight excluding hydrogens is 941 g/mol. The van der Waals surface area contributed by atoms with E-state index in [0.29, 0.717) is 28.2 Å². The van der Waals surface area contributed by atoms with Crippen LogP contribution in [0.15, 0.2) is 273 Å². The summed E-state index contributed by atoms with van der Waals surface area (Å²) < 4.78 is 100. The third-order valence-electron chi connectivity index (χ3n) is 14.3. The van der Waals surface area contributed by atoms with E-state index in [2.05, 4.69) is 165 Å². The van der Waals surface area contributed by atoms with E-state index in [1.165, 1.54) is 20.7 Å². The Balaban J connectivity index is 0.980. The van der Waals surface area contributed by atoms with Gasteiger partial charge in [0.05, 0.1) is 47.1 Å². The van der Waals surface area contributed by atoms with Crippen molar-refractivity contribution in [3.8, 4) is 50.9 Å². The summed E-state index contributed by atoms with van der Waals surface area (Å²) in [5.74, 6) is 1.84. The molecule has 0 aliphatic rings. The molecule has 0 atom stereocenters. The van der Waals surface area contributed by atoms with Crippen LogP contribution >= 0.6 is 0 Å². The van der Waals surface area contributed by atoms with Gasteiger partial charge < -0.3 is 4.74 Å². The fourth-order valence-corrected chi connectivity index (χ4v) is 15.6. The molecule has 0 bridgehead atoms. The van der Waals surface area contributed by atoms with E-state index in [1.54, 1.807) is 22.8 Å². The zero-order valence-corrected chi connectivity index (χ0v) is 42.9. The SMILES string of the molecule is [2H]c1c([2H])c([2H])c(-c2cccc(-c3c([2H])c([2H])c([2H])c([2H])c3[2H])c2-[n+]2[c-]n(-c3cccc(Oc4ccc5c6cc([Si](c7ccccc7)(c7ccccc7)c7ccccc7)ccc6n(-c6cc(C(C)(C)C)ccn6)c5c4)c3)c3ccccc32)c([2H])c1[2H]. The molecule has 76 heavy (non-hydrogen) atoms. The van der Waals surface area contributed by atoms with Crippen LogP contribution in [-0.4, -0.2) is 22.2 Å². The third-order valence-corrected chi connectivity index (χ3v) is 19.1. The molecule has 5 nitrogen and oxygen atoms in total. The third kappa shape index (κ3) is 8.11. The normalized spacial score (nSPS) is 13.7. The number of hydrogen-bond acceptors (Lipinski definition) is 2. The van der Waals surface area contributed by atoms with Gasteiger partial charge in [-0.2, -0.15) is 0 Å². The molecule has 0 aliphatic carbocycles. The zero-order valence-electron chi connectivity index (χ0n) is 51.9. The second-order valence-corrected chi connectivity index (χ2v) is 23.6. The predicted octanol–water partition coefficient (Wildman–Crippen LogP) is 14.0. The number of aromatic nitrogens is 4. The first-order chi connectivity index (χ1) is 41.5. The van der Waals surface area contributed by atoms with Crippen LogP contribution in [0.2, 0.25) is 0 Å². The van der Waals surface area contributed by atoms with Crippen molar-refractivity contribution in [3.05, 3.63) is 285 Å². The van der Waals surface area contributed by atoms with Crippen molar-refractivity contribution >= 4 is 61.7 Å². The first kappa shape index (κ1) is 36.5. The van der Waals surface area contributed by atoms with Crippen molar-refractivity contribution in [2.45, 2.75) is 26.2 Å². The minimum atomic E-state index is -2.92. The van der Waals surface area contributed by atoms with E-state index in [4.69, 9.17) is 23.4 Å². The largest absolute Gasteiger partial charge is 0.458 e. The van der Waals surface area contributed by atoms with E-state index >= 15 is 0 Å². The molecule has 0 spiro atoms. The lowest BCUT2D eigenvalue weighted by Crippen LogP contribution is -2.74. The molecule has 0 N–H and O–H groups in total. The summed E-state index contributed by atoms with van der Waals surface area (Å²) >= 11 is 0. The molecule has 0 saturated carbocycles. The Hall–Kier alpha value is -9.36. The number of rotatable bonds is 11. The lowest BCUT2D eigenvalue weighted by molar-refractivity contribution is -0.571. The number of pyridine rings is 1. The number of ether oxygens (including phenoxy) is 1. The van der Waals surface area contributed by atoms with E-state index in [0.717, 1.165) is 33.2 Å². The average molecular weight is 1010 g/mol. The highest BCUT2D eigenvalue weighted by atomic mass is 28.3. The van der Waals surface area contributed by atoms with Gasteiger partial charge in [-0.15, -0.1) is 0 Å². The summed E-state index contributed by atoms with van der Waals surface area (Å²) in [5, 5.41) is 7.14. The summed E-state index contributed by atoms with van der Waals surface area (Å²) in [6, 6.07) is 64.5. The number of para-hydroxylation sites is 3. The van der Waals surface area contributed by atoms with E-state index < -0.39 is 68.5 Å². The molecule has 10 aromatic carbocycles. The van der Waals surface area contributed by atoms with Gasteiger partial charge in [0.1, 0.15) is 17.3 Å². The quantitative estimate of drug-likeness (QED) is 0.0560. The van der Waals surface area contributed by atoms with Crippen molar-refractivity contribution in [2.75, 3.05) is 0 Å².